The minimum atomic E-state index is -3.57. The predicted molar refractivity (Wildman–Crippen MR) is 91.4 cm³/mol. The van der Waals surface area contributed by atoms with Gasteiger partial charge in [0.1, 0.15) is 0 Å². The Hall–Kier alpha value is -1.60. The third kappa shape index (κ3) is 3.84. The summed E-state index contributed by atoms with van der Waals surface area (Å²) in [5.74, 6) is -0.238. The number of rotatable bonds is 5. The van der Waals surface area contributed by atoms with Crippen molar-refractivity contribution in [2.75, 3.05) is 32.1 Å². The maximum Gasteiger partial charge on any atom is 0.253 e. The third-order valence-electron chi connectivity index (χ3n) is 3.86. The lowest BCUT2D eigenvalue weighted by molar-refractivity contribution is 0.0943. The molecule has 0 radical (unpaired) electrons. The molecule has 0 atom stereocenters. The van der Waals surface area contributed by atoms with Crippen LogP contribution in [-0.4, -0.2) is 51.9 Å². The third-order valence-corrected chi connectivity index (χ3v) is 5.67. The summed E-state index contributed by atoms with van der Waals surface area (Å²) in [6.45, 7) is 5.55. The van der Waals surface area contributed by atoms with Gasteiger partial charge < -0.3 is 10.2 Å². The van der Waals surface area contributed by atoms with E-state index in [0.717, 1.165) is 35.9 Å². The number of sulfonamides is 1. The number of anilines is 1. The molecule has 1 aromatic rings. The molecule has 0 spiro atoms. The van der Waals surface area contributed by atoms with E-state index in [4.69, 9.17) is 0 Å². The summed E-state index contributed by atoms with van der Waals surface area (Å²) in [7, 11) is -0.599. The molecule has 23 heavy (non-hydrogen) atoms. The predicted octanol–water partition coefficient (Wildman–Crippen LogP) is 1.68. The molecule has 128 valence electrons. The molecule has 0 saturated carbocycles. The molecule has 0 bridgehead atoms. The summed E-state index contributed by atoms with van der Waals surface area (Å²) >= 11 is 0. The van der Waals surface area contributed by atoms with Crippen LogP contribution >= 0.6 is 0 Å². The number of amides is 1. The average Bonchev–Trinajstić information content (AvgIpc) is 2.99. The second-order valence-electron chi connectivity index (χ2n) is 6.29. The van der Waals surface area contributed by atoms with Crippen molar-refractivity contribution in [3.8, 4) is 0 Å². The van der Waals surface area contributed by atoms with E-state index in [1.807, 2.05) is 13.8 Å². The van der Waals surface area contributed by atoms with Gasteiger partial charge in [0.15, 0.2) is 0 Å². The molecule has 1 aliphatic rings. The van der Waals surface area contributed by atoms with Crippen LogP contribution in [0, 0.1) is 0 Å². The van der Waals surface area contributed by atoms with Crippen molar-refractivity contribution in [1.82, 2.24) is 9.62 Å². The van der Waals surface area contributed by atoms with Gasteiger partial charge in [-0.05, 0) is 44.9 Å². The van der Waals surface area contributed by atoms with E-state index in [0.29, 0.717) is 5.56 Å². The van der Waals surface area contributed by atoms with E-state index >= 15 is 0 Å². The summed E-state index contributed by atoms with van der Waals surface area (Å²) in [6, 6.07) is 4.80. The zero-order valence-electron chi connectivity index (χ0n) is 14.2. The fourth-order valence-electron chi connectivity index (χ4n) is 2.64. The molecule has 1 aliphatic heterocycles. The number of hydrogen-bond acceptors (Lipinski definition) is 4. The molecule has 1 N–H and O–H groups in total. The number of benzene rings is 1. The van der Waals surface area contributed by atoms with Gasteiger partial charge in [0.25, 0.3) is 5.91 Å². The molecule has 2 rings (SSSR count). The van der Waals surface area contributed by atoms with E-state index in [9.17, 15) is 13.2 Å². The molecule has 1 fully saturated rings. The molecule has 1 aromatic carbocycles. The van der Waals surface area contributed by atoms with Crippen molar-refractivity contribution in [3.05, 3.63) is 23.8 Å². The van der Waals surface area contributed by atoms with Gasteiger partial charge >= 0.3 is 0 Å². The van der Waals surface area contributed by atoms with E-state index in [1.165, 1.54) is 20.2 Å². The maximum atomic E-state index is 12.5. The molecule has 0 aromatic heterocycles. The van der Waals surface area contributed by atoms with E-state index < -0.39 is 10.0 Å². The quantitative estimate of drug-likeness (QED) is 0.886. The summed E-state index contributed by atoms with van der Waals surface area (Å²) in [5, 5.41) is 2.86. The SMILES string of the molecule is CC(C)NC(=O)c1cc(S(=O)(=O)N(C)C)ccc1N1CCCC1. The van der Waals surface area contributed by atoms with Gasteiger partial charge in [-0.25, -0.2) is 12.7 Å². The summed E-state index contributed by atoms with van der Waals surface area (Å²) in [6.07, 6.45) is 2.17. The van der Waals surface area contributed by atoms with Gasteiger partial charge in [-0.3, -0.25) is 4.79 Å². The molecule has 1 amide bonds. The van der Waals surface area contributed by atoms with Gasteiger partial charge in [-0.1, -0.05) is 0 Å². The summed E-state index contributed by atoms with van der Waals surface area (Å²) in [4.78, 5) is 14.8. The Morgan fingerprint density at radius 3 is 2.35 bits per heavy atom. The van der Waals surface area contributed by atoms with Crippen molar-refractivity contribution < 1.29 is 13.2 Å². The summed E-state index contributed by atoms with van der Waals surface area (Å²) < 4.78 is 25.8. The highest BCUT2D eigenvalue weighted by Gasteiger charge is 2.24. The number of nitrogens with zero attached hydrogens (tertiary/aromatic N) is 2. The van der Waals surface area contributed by atoms with Crippen molar-refractivity contribution in [3.63, 3.8) is 0 Å². The van der Waals surface area contributed by atoms with Crippen molar-refractivity contribution in [1.29, 1.82) is 0 Å². The molecular formula is C16H25N3O3S. The number of carbonyl (C=O) groups excluding carboxylic acids is 1. The number of hydrogen-bond donors (Lipinski definition) is 1. The lowest BCUT2D eigenvalue weighted by Gasteiger charge is -2.23. The van der Waals surface area contributed by atoms with E-state index in [2.05, 4.69) is 10.2 Å². The van der Waals surface area contributed by atoms with Crippen LogP contribution in [0.1, 0.15) is 37.0 Å². The monoisotopic (exact) mass is 339 g/mol. The first-order valence-electron chi connectivity index (χ1n) is 7.86. The minimum Gasteiger partial charge on any atom is -0.371 e. The van der Waals surface area contributed by atoms with Crippen LogP contribution in [0.4, 0.5) is 5.69 Å². The highest BCUT2D eigenvalue weighted by atomic mass is 32.2. The zero-order chi connectivity index (χ0) is 17.2. The lowest BCUT2D eigenvalue weighted by Crippen LogP contribution is -2.32. The second kappa shape index (κ2) is 6.88. The molecule has 0 unspecified atom stereocenters. The van der Waals surface area contributed by atoms with Gasteiger partial charge in [-0.15, -0.1) is 0 Å². The van der Waals surface area contributed by atoms with Crippen LogP contribution < -0.4 is 10.2 Å². The topological polar surface area (TPSA) is 69.7 Å². The van der Waals surface area contributed by atoms with E-state index in [-0.39, 0.29) is 16.8 Å². The minimum absolute atomic E-state index is 0.0111. The normalized spacial score (nSPS) is 15.5. The first kappa shape index (κ1) is 17.7. The number of carbonyl (C=O) groups is 1. The average molecular weight is 339 g/mol. The lowest BCUT2D eigenvalue weighted by atomic mass is 10.1. The Labute approximate surface area is 138 Å². The van der Waals surface area contributed by atoms with Gasteiger partial charge in [0.05, 0.1) is 10.5 Å². The standard InChI is InChI=1S/C16H25N3O3S/c1-12(2)17-16(20)14-11-13(23(21,22)18(3)4)7-8-15(14)19-9-5-6-10-19/h7-8,11-12H,5-6,9-10H2,1-4H3,(H,17,20). The first-order valence-corrected chi connectivity index (χ1v) is 9.30. The van der Waals surface area contributed by atoms with Crippen molar-refractivity contribution in [2.45, 2.75) is 37.6 Å². The fourth-order valence-corrected chi connectivity index (χ4v) is 3.57. The zero-order valence-corrected chi connectivity index (χ0v) is 15.0. The highest BCUT2D eigenvalue weighted by molar-refractivity contribution is 7.89. The molecule has 6 nitrogen and oxygen atoms in total. The largest absolute Gasteiger partial charge is 0.371 e. The molecule has 1 heterocycles. The smallest absolute Gasteiger partial charge is 0.253 e. The second-order valence-corrected chi connectivity index (χ2v) is 8.44. The summed E-state index contributed by atoms with van der Waals surface area (Å²) in [5.41, 5.74) is 1.22. The van der Waals surface area contributed by atoms with Gasteiger partial charge in [0, 0.05) is 38.9 Å². The molecule has 7 heteroatoms. The molecule has 1 saturated heterocycles. The Bertz CT molecular complexity index is 678. The Morgan fingerprint density at radius 1 is 1.22 bits per heavy atom. The van der Waals surface area contributed by atoms with Gasteiger partial charge in [0.2, 0.25) is 10.0 Å². The Kier molecular flexibility index (Phi) is 5.31. The first-order chi connectivity index (χ1) is 10.7. The molecular weight excluding hydrogens is 314 g/mol. The van der Waals surface area contributed by atoms with Crippen LogP contribution in [0.3, 0.4) is 0 Å². The van der Waals surface area contributed by atoms with Gasteiger partial charge in [-0.2, -0.15) is 0 Å². The van der Waals surface area contributed by atoms with Crippen LogP contribution in [0.5, 0.6) is 0 Å². The van der Waals surface area contributed by atoms with E-state index in [1.54, 1.807) is 12.1 Å². The van der Waals surface area contributed by atoms with Crippen molar-refractivity contribution >= 4 is 21.6 Å². The van der Waals surface area contributed by atoms with Crippen LogP contribution in [-0.2, 0) is 10.0 Å². The van der Waals surface area contributed by atoms with Crippen LogP contribution in [0.2, 0.25) is 0 Å². The molecule has 0 aliphatic carbocycles. The Balaban J connectivity index is 2.50. The Morgan fingerprint density at radius 2 is 1.83 bits per heavy atom. The number of nitrogens with one attached hydrogen (secondary N) is 1. The van der Waals surface area contributed by atoms with Crippen molar-refractivity contribution in [2.24, 2.45) is 0 Å². The maximum absolute atomic E-state index is 12.5. The fraction of sp³-hybridized carbons (Fsp3) is 0.562. The van der Waals surface area contributed by atoms with Crippen LogP contribution in [0.15, 0.2) is 23.1 Å². The van der Waals surface area contributed by atoms with Crippen LogP contribution in [0.25, 0.3) is 0 Å². The highest BCUT2D eigenvalue weighted by Crippen LogP contribution is 2.28.